The van der Waals surface area contributed by atoms with Gasteiger partial charge in [-0.1, -0.05) is 0 Å². The van der Waals surface area contributed by atoms with E-state index in [9.17, 15) is 9.59 Å². The molecule has 2 rings (SSSR count). The molecular formula is C11H9NO3Se. The van der Waals surface area contributed by atoms with Gasteiger partial charge in [0.15, 0.2) is 0 Å². The van der Waals surface area contributed by atoms with Gasteiger partial charge in [-0.15, -0.1) is 0 Å². The molecule has 1 aromatic heterocycles. The molecule has 0 amide bonds. The first-order valence-corrected chi connectivity index (χ1v) is 5.71. The molecule has 1 heterocycles. The van der Waals surface area contributed by atoms with Crippen LogP contribution >= 0.6 is 0 Å². The summed E-state index contributed by atoms with van der Waals surface area (Å²) < 4.78 is 0. The van der Waals surface area contributed by atoms with E-state index in [0.717, 1.165) is 10.9 Å². The van der Waals surface area contributed by atoms with Crippen molar-refractivity contribution < 1.29 is 14.7 Å². The number of aromatic amines is 1. The monoisotopic (exact) mass is 283 g/mol. The topological polar surface area (TPSA) is 70.2 Å². The van der Waals surface area contributed by atoms with Crippen LogP contribution in [0.25, 0.3) is 10.9 Å². The predicted molar refractivity (Wildman–Crippen MR) is 61.2 cm³/mol. The number of hydrogen-bond acceptors (Lipinski definition) is 2. The number of fused-ring (bicyclic) bond motifs is 1. The zero-order valence-electron chi connectivity index (χ0n) is 8.18. The summed E-state index contributed by atoms with van der Waals surface area (Å²) >= 11 is 1.88. The zero-order chi connectivity index (χ0) is 11.7. The maximum absolute atomic E-state index is 11.8. The van der Waals surface area contributed by atoms with E-state index in [4.69, 9.17) is 5.11 Å². The first-order chi connectivity index (χ1) is 7.61. The van der Waals surface area contributed by atoms with Crippen LogP contribution in [0.15, 0.2) is 30.5 Å². The van der Waals surface area contributed by atoms with Gasteiger partial charge in [0, 0.05) is 0 Å². The molecule has 0 aliphatic heterocycles. The number of carboxylic acids is 1. The molecule has 0 aliphatic rings. The number of benzene rings is 1. The first kappa shape index (κ1) is 10.9. The van der Waals surface area contributed by atoms with Crippen molar-refractivity contribution in [3.05, 3.63) is 36.0 Å². The van der Waals surface area contributed by atoms with Crippen molar-refractivity contribution in [1.29, 1.82) is 0 Å². The molecule has 0 spiro atoms. The molecule has 0 saturated heterocycles. The molecule has 1 aromatic carbocycles. The van der Waals surface area contributed by atoms with E-state index in [-0.39, 0.29) is 0 Å². The van der Waals surface area contributed by atoms with Crippen LogP contribution in [-0.2, 0) is 4.79 Å². The van der Waals surface area contributed by atoms with Gasteiger partial charge in [-0.2, -0.15) is 0 Å². The molecule has 5 heteroatoms. The average molecular weight is 282 g/mol. The third kappa shape index (κ3) is 1.75. The van der Waals surface area contributed by atoms with Crippen molar-refractivity contribution in [1.82, 2.24) is 4.98 Å². The number of carbonyl (C=O) groups is 2. The van der Waals surface area contributed by atoms with E-state index in [1.807, 2.05) is 34.2 Å². The number of H-pyrrole nitrogens is 1. The second-order valence-electron chi connectivity index (χ2n) is 3.35. The molecule has 2 N–H and O–H groups in total. The minimum atomic E-state index is -1.13. The van der Waals surface area contributed by atoms with Crippen molar-refractivity contribution in [2.45, 2.75) is 4.82 Å². The summed E-state index contributed by atoms with van der Waals surface area (Å²) in [6, 6.07) is 7.30. The Morgan fingerprint density at radius 3 is 2.69 bits per heavy atom. The number of nitrogens with one attached hydrogen (secondary N) is 1. The number of hydrogen-bond donors (Lipinski definition) is 2. The number of carboxylic acid groups (broad SMARTS) is 1. The van der Waals surface area contributed by atoms with Crippen molar-refractivity contribution in [3.8, 4) is 0 Å². The number of aromatic nitrogens is 1. The molecule has 0 radical (unpaired) electrons. The quantitative estimate of drug-likeness (QED) is 0.503. The summed E-state index contributed by atoms with van der Waals surface area (Å²) in [5, 5.41) is 9.53. The van der Waals surface area contributed by atoms with E-state index in [1.165, 1.54) is 0 Å². The Morgan fingerprint density at radius 1 is 1.31 bits per heavy atom. The van der Waals surface area contributed by atoms with E-state index >= 15 is 0 Å². The van der Waals surface area contributed by atoms with Gasteiger partial charge in [-0.3, -0.25) is 0 Å². The van der Waals surface area contributed by atoms with Crippen LogP contribution in [0.1, 0.15) is 10.4 Å². The fourth-order valence-electron chi connectivity index (χ4n) is 1.53. The molecule has 0 saturated carbocycles. The summed E-state index contributed by atoms with van der Waals surface area (Å²) in [5.74, 6) is -1.53. The fraction of sp³-hybridized carbons (Fsp3) is 0.0909. The molecule has 2 aromatic rings. The molecule has 1 atom stereocenters. The van der Waals surface area contributed by atoms with Gasteiger partial charge in [0.2, 0.25) is 0 Å². The summed E-state index contributed by atoms with van der Waals surface area (Å²) in [6.45, 7) is 0. The number of rotatable bonds is 3. The predicted octanol–water partition coefficient (Wildman–Crippen LogP) is 1.12. The number of aliphatic carboxylic acids is 1. The summed E-state index contributed by atoms with van der Waals surface area (Å²) in [7, 11) is 0. The molecule has 0 aliphatic carbocycles. The fourth-order valence-corrected chi connectivity index (χ4v) is 1.83. The van der Waals surface area contributed by atoms with Gasteiger partial charge in [-0.25, -0.2) is 0 Å². The van der Waals surface area contributed by atoms with Crippen LogP contribution in [-0.4, -0.2) is 37.9 Å². The molecule has 16 heavy (non-hydrogen) atoms. The summed E-state index contributed by atoms with van der Waals surface area (Å²) in [5.41, 5.74) is 1.25. The van der Waals surface area contributed by atoms with Crippen LogP contribution in [0.2, 0.25) is 4.82 Å². The first-order valence-electron chi connectivity index (χ1n) is 4.62. The Bertz CT molecular complexity index is 561. The summed E-state index contributed by atoms with van der Waals surface area (Å²) in [4.78, 5) is 24.4. The molecular weight excluding hydrogens is 273 g/mol. The van der Waals surface area contributed by atoms with Crippen molar-refractivity contribution in [2.24, 2.45) is 0 Å². The van der Waals surface area contributed by atoms with Crippen LogP contribution in [0.5, 0.6) is 0 Å². The average Bonchev–Trinajstić information content (AvgIpc) is 2.70. The van der Waals surface area contributed by atoms with E-state index < -0.39 is 16.6 Å². The maximum atomic E-state index is 11.8. The van der Waals surface area contributed by atoms with Crippen LogP contribution in [0.4, 0.5) is 0 Å². The van der Waals surface area contributed by atoms with Gasteiger partial charge >= 0.3 is 99.2 Å². The van der Waals surface area contributed by atoms with Gasteiger partial charge < -0.3 is 0 Å². The second-order valence-corrected chi connectivity index (χ2v) is 4.44. The standard InChI is InChI=1S/C11H9NO3Se/c13-9(10(16)11(14)15)7-5-12-8-4-2-1-3-6(7)8/h1-5,10,12,16H,(H,14,15). The summed E-state index contributed by atoms with van der Waals surface area (Å²) in [6.07, 6.45) is 1.55. The number of carbonyl (C=O) groups excluding carboxylic acids is 1. The zero-order valence-corrected chi connectivity index (χ0v) is 10.1. The molecule has 4 nitrogen and oxygen atoms in total. The molecule has 82 valence electrons. The normalized spacial score (nSPS) is 12.6. The Balaban J connectivity index is 2.48. The van der Waals surface area contributed by atoms with Gasteiger partial charge in [0.05, 0.1) is 0 Å². The Kier molecular flexibility index (Phi) is 2.81. The van der Waals surface area contributed by atoms with Crippen molar-refractivity contribution in [2.75, 3.05) is 0 Å². The second kappa shape index (κ2) is 4.12. The number of Topliss-reactive ketones (excluding diaryl/α,β-unsaturated/α-hetero) is 1. The molecule has 0 bridgehead atoms. The molecule has 0 fully saturated rings. The third-order valence-electron chi connectivity index (χ3n) is 2.34. The Labute approximate surface area is 99.5 Å². The number of para-hydroxylation sites is 1. The van der Waals surface area contributed by atoms with Gasteiger partial charge in [-0.05, 0) is 0 Å². The Hall–Kier alpha value is -1.58. The van der Waals surface area contributed by atoms with E-state index in [1.54, 1.807) is 12.3 Å². The SMILES string of the molecule is O=C(O)C([SeH])C(=O)c1c[nH]c2ccccc12. The minimum absolute atomic E-state index is 0.398. The van der Waals surface area contributed by atoms with Crippen LogP contribution in [0, 0.1) is 0 Å². The third-order valence-corrected chi connectivity index (χ3v) is 3.29. The Morgan fingerprint density at radius 2 is 2.00 bits per heavy atom. The molecule has 1 unspecified atom stereocenters. The van der Waals surface area contributed by atoms with Crippen molar-refractivity contribution in [3.63, 3.8) is 0 Å². The van der Waals surface area contributed by atoms with Gasteiger partial charge in [0.1, 0.15) is 0 Å². The van der Waals surface area contributed by atoms with Crippen LogP contribution in [0.3, 0.4) is 0 Å². The van der Waals surface area contributed by atoms with Crippen molar-refractivity contribution >= 4 is 38.7 Å². The number of ketones is 1. The van der Waals surface area contributed by atoms with E-state index in [2.05, 4.69) is 4.98 Å². The van der Waals surface area contributed by atoms with Crippen LogP contribution < -0.4 is 0 Å². The van der Waals surface area contributed by atoms with E-state index in [0.29, 0.717) is 5.56 Å². The van der Waals surface area contributed by atoms with Gasteiger partial charge in [0.25, 0.3) is 0 Å².